The molecule has 2 N–H and O–H groups in total. The van der Waals surface area contributed by atoms with Gasteiger partial charge in [-0.15, -0.1) is 0 Å². The van der Waals surface area contributed by atoms with E-state index in [9.17, 15) is 0 Å². The molecule has 0 saturated carbocycles. The van der Waals surface area contributed by atoms with Gasteiger partial charge in [0, 0.05) is 25.5 Å². The van der Waals surface area contributed by atoms with Gasteiger partial charge in [-0.25, -0.2) is 0 Å². The molecule has 2 rings (SSSR count). The van der Waals surface area contributed by atoms with Crippen molar-refractivity contribution in [3.05, 3.63) is 47.3 Å². The first-order valence-electron chi connectivity index (χ1n) is 7.87. The van der Waals surface area contributed by atoms with Crippen LogP contribution in [0.5, 0.6) is 0 Å². The molecule has 22 heavy (non-hydrogen) atoms. The van der Waals surface area contributed by atoms with Crippen molar-refractivity contribution in [3.63, 3.8) is 0 Å². The Morgan fingerprint density at radius 1 is 1.05 bits per heavy atom. The van der Waals surface area contributed by atoms with Gasteiger partial charge in [0.2, 0.25) is 0 Å². The highest BCUT2D eigenvalue weighted by Crippen LogP contribution is 2.23. The summed E-state index contributed by atoms with van der Waals surface area (Å²) in [5.74, 6) is 0. The number of aldehydes is 2. The highest BCUT2D eigenvalue weighted by molar-refractivity contribution is 6.09. The average molecular weight is 306 g/mol. The third kappa shape index (κ3) is 8.25. The van der Waals surface area contributed by atoms with Crippen LogP contribution in [0.15, 0.2) is 30.6 Å². The van der Waals surface area contributed by atoms with Crippen LogP contribution in [-0.4, -0.2) is 17.5 Å². The minimum Gasteiger partial charge on any atom is -0.403 e. The zero-order chi connectivity index (χ0) is 17.4. The van der Waals surface area contributed by atoms with Gasteiger partial charge in [-0.3, -0.25) is 9.59 Å². The number of fused-ring (bicyclic) bond motifs is 1. The molecule has 0 unspecified atom stereocenters. The lowest BCUT2D eigenvalue weighted by Gasteiger charge is -2.09. The van der Waals surface area contributed by atoms with Crippen molar-refractivity contribution in [2.24, 2.45) is 5.73 Å². The summed E-state index contributed by atoms with van der Waals surface area (Å²) in [6, 6.07) is 6.76. The number of carbonyl (C=O) groups excluding carboxylic acids is 2. The molecular weight excluding hydrogens is 276 g/mol. The minimum absolute atomic E-state index is 0.194. The lowest BCUT2D eigenvalue weighted by molar-refractivity contribution is -0.122. The monoisotopic (exact) mass is 306 g/mol. The maximum atomic E-state index is 8.81. The van der Waals surface area contributed by atoms with Crippen molar-refractivity contribution in [2.75, 3.05) is 0 Å². The predicted octanol–water partition coefficient (Wildman–Crippen LogP) is 3.43. The van der Waals surface area contributed by atoms with E-state index in [-0.39, 0.29) is 12.6 Å². The van der Waals surface area contributed by atoms with Crippen molar-refractivity contribution in [1.29, 1.82) is 0 Å². The molecule has 1 aromatic carbocycles. The van der Waals surface area contributed by atoms with E-state index in [2.05, 4.69) is 30.0 Å². The topological polar surface area (TPSA) is 63.4 Å². The van der Waals surface area contributed by atoms with Gasteiger partial charge in [-0.1, -0.05) is 52.8 Å². The normalized spacial score (nSPS) is 11.0. The van der Waals surface area contributed by atoms with Gasteiger partial charge in [0.1, 0.15) is 0 Å². The summed E-state index contributed by atoms with van der Waals surface area (Å²) < 4.78 is 0. The van der Waals surface area contributed by atoms with E-state index in [0.29, 0.717) is 0 Å². The molecule has 0 spiro atoms. The van der Waals surface area contributed by atoms with Gasteiger partial charge in [0.05, 0.1) is 0 Å². The summed E-state index contributed by atoms with van der Waals surface area (Å²) in [4.78, 5) is 19.8. The highest BCUT2D eigenvalue weighted by Gasteiger charge is 2.15. The number of hydrogen-bond donors (Lipinski definition) is 1. The first-order chi connectivity index (χ1) is 10.7. The molecular formula is C18H30N2O2. The van der Waals surface area contributed by atoms with Gasteiger partial charge in [-0.05, 0) is 23.1 Å². The quantitative estimate of drug-likeness (QED) is 0.686. The molecule has 1 aliphatic rings. The molecule has 0 amide bonds. The molecule has 4 heteroatoms. The Kier molecular flexibility index (Phi) is 15.4. The first kappa shape index (κ1) is 22.2. The number of hydrogen-bond acceptors (Lipinski definition) is 4. The summed E-state index contributed by atoms with van der Waals surface area (Å²) >= 11 is 0. The van der Waals surface area contributed by atoms with Crippen LogP contribution in [0.25, 0.3) is 0 Å². The van der Waals surface area contributed by atoms with Crippen molar-refractivity contribution < 1.29 is 9.59 Å². The first-order valence-corrected chi connectivity index (χ1v) is 7.87. The Hall–Kier alpha value is -2.10. The largest absolute Gasteiger partial charge is 0.403 e. The van der Waals surface area contributed by atoms with E-state index in [4.69, 9.17) is 15.3 Å². The second kappa shape index (κ2) is 15.3. The number of aryl methyl sites for hydroxylation is 1. The molecule has 1 aromatic rings. The van der Waals surface area contributed by atoms with Gasteiger partial charge in [-0.2, -0.15) is 0 Å². The third-order valence-corrected chi connectivity index (χ3v) is 2.78. The zero-order valence-corrected chi connectivity index (χ0v) is 14.5. The summed E-state index contributed by atoms with van der Waals surface area (Å²) in [5.41, 5.74) is 9.67. The van der Waals surface area contributed by atoms with Crippen LogP contribution in [-0.2, 0) is 29.1 Å². The second-order valence-corrected chi connectivity index (χ2v) is 3.98. The van der Waals surface area contributed by atoms with Crippen LogP contribution in [0.1, 0.15) is 51.3 Å². The van der Waals surface area contributed by atoms with E-state index >= 15 is 0 Å². The van der Waals surface area contributed by atoms with E-state index in [1.807, 2.05) is 33.9 Å². The molecule has 1 aliphatic heterocycles. The van der Waals surface area contributed by atoms with E-state index in [1.54, 1.807) is 6.20 Å². The van der Waals surface area contributed by atoms with Crippen LogP contribution in [0.3, 0.4) is 0 Å². The molecule has 0 saturated heterocycles. The molecule has 0 aromatic heterocycles. The maximum absolute atomic E-state index is 8.81. The number of carbonyl (C=O) groups is 2. The van der Waals surface area contributed by atoms with E-state index in [0.717, 1.165) is 19.5 Å². The van der Waals surface area contributed by atoms with Crippen molar-refractivity contribution >= 4 is 12.6 Å². The molecule has 0 aliphatic carbocycles. The van der Waals surface area contributed by atoms with Gasteiger partial charge in [0.15, 0.2) is 12.6 Å². The number of benzene rings is 1. The molecule has 124 valence electrons. The fraction of sp³-hybridized carbons (Fsp3) is 0.444. The number of nitrogens with zero attached hydrogens (tertiary/aromatic N) is 1. The number of nitrogens with two attached hydrogens (primary N) is 1. The Balaban J connectivity index is 0. The van der Waals surface area contributed by atoms with Crippen molar-refractivity contribution in [2.45, 2.75) is 54.1 Å². The summed E-state index contributed by atoms with van der Waals surface area (Å²) in [5, 5.41) is 0. The van der Waals surface area contributed by atoms with E-state index < -0.39 is 0 Å². The minimum atomic E-state index is 0.194. The molecule has 4 nitrogen and oxygen atoms in total. The fourth-order valence-corrected chi connectivity index (χ4v) is 1.92. The Labute approximate surface area is 135 Å². The summed E-state index contributed by atoms with van der Waals surface area (Å²) in [6.07, 6.45) is 5.05. The predicted molar refractivity (Wildman–Crippen MR) is 93.2 cm³/mol. The molecule has 0 radical (unpaired) electrons. The van der Waals surface area contributed by atoms with Crippen LogP contribution in [0.2, 0.25) is 0 Å². The highest BCUT2D eigenvalue weighted by atomic mass is 16.2. The molecule has 1 heterocycles. The van der Waals surface area contributed by atoms with Crippen LogP contribution in [0, 0.1) is 0 Å². The van der Waals surface area contributed by atoms with Gasteiger partial charge in [0.25, 0.3) is 0 Å². The third-order valence-electron chi connectivity index (χ3n) is 2.78. The Morgan fingerprint density at radius 3 is 2.05 bits per heavy atom. The van der Waals surface area contributed by atoms with Crippen LogP contribution in [0.4, 0.5) is 0 Å². The zero-order valence-electron chi connectivity index (χ0n) is 14.5. The van der Waals surface area contributed by atoms with Crippen molar-refractivity contribution in [3.8, 4) is 0 Å². The lowest BCUT2D eigenvalue weighted by Crippen LogP contribution is -2.07. The standard InChI is InChI=1S/C12H16N2.C2H2O2.2C2H6/c1-2-10-3-4-11-8-14(6-5-13)9-12(11)7-10;3-1-2-4;2*1-2/h3-7H,2,8-9,13H2,1H3;1-2H;2*1-2H3/b6-5-;;;. The number of rotatable bonds is 3. The Morgan fingerprint density at radius 2 is 1.59 bits per heavy atom. The van der Waals surface area contributed by atoms with Crippen molar-refractivity contribution in [1.82, 2.24) is 4.90 Å². The Bertz CT molecular complexity index is 437. The smallest absolute Gasteiger partial charge is 0.182 e. The van der Waals surface area contributed by atoms with Gasteiger partial charge >= 0.3 is 0 Å². The maximum Gasteiger partial charge on any atom is 0.182 e. The van der Waals surface area contributed by atoms with Crippen LogP contribution >= 0.6 is 0 Å². The average Bonchev–Trinajstić information content (AvgIpc) is 3.00. The van der Waals surface area contributed by atoms with E-state index in [1.165, 1.54) is 16.7 Å². The summed E-state index contributed by atoms with van der Waals surface area (Å²) in [6.45, 7) is 12.2. The fourth-order valence-electron chi connectivity index (χ4n) is 1.92. The molecule has 0 fully saturated rings. The second-order valence-electron chi connectivity index (χ2n) is 3.98. The molecule has 0 atom stereocenters. The summed E-state index contributed by atoms with van der Waals surface area (Å²) in [7, 11) is 0. The molecule has 0 bridgehead atoms. The SMILES string of the molecule is CC.CC.CCc1ccc2c(c1)CN(/C=C\N)C2.O=CC=O. The van der Waals surface area contributed by atoms with Crippen LogP contribution < -0.4 is 5.73 Å². The lowest BCUT2D eigenvalue weighted by atomic mass is 10.1. The van der Waals surface area contributed by atoms with Gasteiger partial charge < -0.3 is 10.6 Å².